The molecule has 2 heterocycles. The molecule has 4 rings (SSSR count). The van der Waals surface area contributed by atoms with Crippen molar-refractivity contribution >= 4 is 45.4 Å². The maximum atomic E-state index is 13.0. The quantitative estimate of drug-likeness (QED) is 0.566. The SMILES string of the molecule is O=C(CN1CCCN(c2nccs2)CC1)Nc1ccc(Cl)cc1C(=O)c1ccccc1. The Morgan fingerprint density at radius 2 is 1.90 bits per heavy atom. The number of nitrogens with one attached hydrogen (secondary N) is 1. The molecule has 0 atom stereocenters. The lowest BCUT2D eigenvalue weighted by Crippen LogP contribution is -2.36. The van der Waals surface area contributed by atoms with E-state index in [9.17, 15) is 9.59 Å². The van der Waals surface area contributed by atoms with Crippen LogP contribution in [0.5, 0.6) is 0 Å². The first-order valence-electron chi connectivity index (χ1n) is 10.2. The summed E-state index contributed by atoms with van der Waals surface area (Å²) in [5.41, 5.74) is 1.41. The molecule has 31 heavy (non-hydrogen) atoms. The molecule has 0 bridgehead atoms. The molecule has 1 aliphatic heterocycles. The van der Waals surface area contributed by atoms with Crippen LogP contribution in [0.3, 0.4) is 0 Å². The van der Waals surface area contributed by atoms with Crippen molar-refractivity contribution < 1.29 is 9.59 Å². The molecule has 1 aliphatic rings. The zero-order valence-corrected chi connectivity index (χ0v) is 18.5. The number of hydrogen-bond acceptors (Lipinski definition) is 6. The van der Waals surface area contributed by atoms with Gasteiger partial charge in [0.05, 0.1) is 12.2 Å². The Bertz CT molecular complexity index is 1040. The van der Waals surface area contributed by atoms with E-state index in [-0.39, 0.29) is 18.2 Å². The average molecular weight is 455 g/mol. The Kier molecular flexibility index (Phi) is 6.96. The van der Waals surface area contributed by atoms with Gasteiger partial charge in [-0.15, -0.1) is 11.3 Å². The Hall–Kier alpha value is -2.74. The van der Waals surface area contributed by atoms with Gasteiger partial charge in [-0.05, 0) is 24.6 Å². The number of halogens is 1. The maximum Gasteiger partial charge on any atom is 0.238 e. The van der Waals surface area contributed by atoms with Gasteiger partial charge in [0, 0.05) is 53.9 Å². The number of thiazole rings is 1. The van der Waals surface area contributed by atoms with Gasteiger partial charge in [0.15, 0.2) is 10.9 Å². The predicted molar refractivity (Wildman–Crippen MR) is 125 cm³/mol. The fraction of sp³-hybridized carbons (Fsp3) is 0.261. The normalized spacial score (nSPS) is 14.8. The monoisotopic (exact) mass is 454 g/mol. The molecule has 0 aliphatic carbocycles. The molecule has 0 spiro atoms. The number of carbonyl (C=O) groups is 2. The van der Waals surface area contributed by atoms with Gasteiger partial charge in [-0.2, -0.15) is 0 Å². The number of carbonyl (C=O) groups excluding carboxylic acids is 2. The van der Waals surface area contributed by atoms with Crippen molar-refractivity contribution in [1.82, 2.24) is 9.88 Å². The number of benzene rings is 2. The van der Waals surface area contributed by atoms with Crippen LogP contribution >= 0.6 is 22.9 Å². The molecule has 1 aromatic heterocycles. The van der Waals surface area contributed by atoms with E-state index in [1.54, 1.807) is 41.7 Å². The van der Waals surface area contributed by atoms with Crippen molar-refractivity contribution in [2.45, 2.75) is 6.42 Å². The zero-order valence-electron chi connectivity index (χ0n) is 17.0. The molecule has 1 fully saturated rings. The standard InChI is InChI=1S/C23H23ClN4O2S/c24-18-7-8-20(19(15-18)22(30)17-5-2-1-3-6-17)26-21(29)16-27-10-4-11-28(13-12-27)23-25-9-14-31-23/h1-3,5-9,14-15H,4,10-13,16H2,(H,26,29). The van der Waals surface area contributed by atoms with Crippen LogP contribution in [0, 0.1) is 0 Å². The number of anilines is 2. The largest absolute Gasteiger partial charge is 0.347 e. The fourth-order valence-electron chi connectivity index (χ4n) is 3.64. The van der Waals surface area contributed by atoms with Crippen molar-refractivity contribution in [3.63, 3.8) is 0 Å². The highest BCUT2D eigenvalue weighted by Gasteiger charge is 2.20. The number of aromatic nitrogens is 1. The van der Waals surface area contributed by atoms with Gasteiger partial charge >= 0.3 is 0 Å². The lowest BCUT2D eigenvalue weighted by Gasteiger charge is -2.21. The lowest BCUT2D eigenvalue weighted by atomic mass is 10.0. The van der Waals surface area contributed by atoms with E-state index in [1.807, 2.05) is 29.8 Å². The highest BCUT2D eigenvalue weighted by Crippen LogP contribution is 2.24. The lowest BCUT2D eigenvalue weighted by molar-refractivity contribution is -0.117. The Labute approximate surface area is 190 Å². The van der Waals surface area contributed by atoms with Crippen molar-refractivity contribution in [2.75, 3.05) is 42.9 Å². The third-order valence-corrected chi connectivity index (χ3v) is 6.25. The molecule has 3 aromatic rings. The first-order chi connectivity index (χ1) is 15.1. The predicted octanol–water partition coefficient (Wildman–Crippen LogP) is 4.18. The molecule has 0 saturated carbocycles. The second-order valence-electron chi connectivity index (χ2n) is 7.36. The van der Waals surface area contributed by atoms with Crippen LogP contribution in [0.15, 0.2) is 60.1 Å². The fourth-order valence-corrected chi connectivity index (χ4v) is 4.51. The minimum absolute atomic E-state index is 0.146. The third-order valence-electron chi connectivity index (χ3n) is 5.18. The summed E-state index contributed by atoms with van der Waals surface area (Å²) in [6.45, 7) is 3.65. The molecule has 0 unspecified atom stereocenters. The number of nitrogens with zero attached hydrogens (tertiary/aromatic N) is 3. The molecule has 8 heteroatoms. The first kappa shape index (κ1) is 21.5. The summed E-state index contributed by atoms with van der Waals surface area (Å²) in [5.74, 6) is -0.320. The van der Waals surface area contributed by atoms with Gasteiger partial charge < -0.3 is 10.2 Å². The topological polar surface area (TPSA) is 65.5 Å². The van der Waals surface area contributed by atoms with Crippen LogP contribution in [-0.2, 0) is 4.79 Å². The summed E-state index contributed by atoms with van der Waals surface area (Å²) in [6, 6.07) is 13.9. The molecule has 1 amide bonds. The average Bonchev–Trinajstić information content (AvgIpc) is 3.22. The molecule has 0 radical (unpaired) electrons. The van der Waals surface area contributed by atoms with Gasteiger partial charge in [-0.3, -0.25) is 14.5 Å². The van der Waals surface area contributed by atoms with Crippen LogP contribution in [0.2, 0.25) is 5.02 Å². The maximum absolute atomic E-state index is 13.0. The highest BCUT2D eigenvalue weighted by atomic mass is 35.5. The van der Waals surface area contributed by atoms with Crippen LogP contribution in [-0.4, -0.2) is 54.3 Å². The van der Waals surface area contributed by atoms with Gasteiger partial charge in [-0.25, -0.2) is 4.98 Å². The van der Waals surface area contributed by atoms with Crippen LogP contribution in [0.4, 0.5) is 10.8 Å². The number of rotatable bonds is 6. The van der Waals surface area contributed by atoms with Gasteiger partial charge in [0.25, 0.3) is 0 Å². The van der Waals surface area contributed by atoms with Crippen molar-refractivity contribution in [3.05, 3.63) is 76.3 Å². The van der Waals surface area contributed by atoms with Gasteiger partial charge in [0.2, 0.25) is 5.91 Å². The molecular formula is C23H23ClN4O2S. The molecule has 2 aromatic carbocycles. The van der Waals surface area contributed by atoms with Crippen LogP contribution < -0.4 is 10.2 Å². The van der Waals surface area contributed by atoms with E-state index in [0.29, 0.717) is 21.8 Å². The van der Waals surface area contributed by atoms with Crippen LogP contribution in [0.25, 0.3) is 0 Å². The van der Waals surface area contributed by atoms with Crippen molar-refractivity contribution in [3.8, 4) is 0 Å². The van der Waals surface area contributed by atoms with Gasteiger partial charge in [-0.1, -0.05) is 41.9 Å². The minimum atomic E-state index is -0.174. The van der Waals surface area contributed by atoms with E-state index >= 15 is 0 Å². The molecule has 1 N–H and O–H groups in total. The zero-order chi connectivity index (χ0) is 21.6. The Morgan fingerprint density at radius 3 is 2.68 bits per heavy atom. The third kappa shape index (κ3) is 5.50. The summed E-state index contributed by atoms with van der Waals surface area (Å²) in [7, 11) is 0. The van der Waals surface area contributed by atoms with Crippen molar-refractivity contribution in [2.24, 2.45) is 0 Å². The van der Waals surface area contributed by atoms with E-state index in [0.717, 1.165) is 37.7 Å². The van der Waals surface area contributed by atoms with Crippen LogP contribution in [0.1, 0.15) is 22.3 Å². The summed E-state index contributed by atoms with van der Waals surface area (Å²) >= 11 is 7.77. The van der Waals surface area contributed by atoms with E-state index < -0.39 is 0 Å². The van der Waals surface area contributed by atoms with E-state index in [2.05, 4.69) is 20.1 Å². The first-order valence-corrected chi connectivity index (χ1v) is 11.4. The second-order valence-corrected chi connectivity index (χ2v) is 8.67. The Balaban J connectivity index is 1.41. The number of ketones is 1. The number of amides is 1. The van der Waals surface area contributed by atoms with Crippen molar-refractivity contribution in [1.29, 1.82) is 0 Å². The summed E-state index contributed by atoms with van der Waals surface area (Å²) < 4.78 is 0. The van der Waals surface area contributed by atoms with E-state index in [4.69, 9.17) is 11.6 Å². The Morgan fingerprint density at radius 1 is 1.06 bits per heavy atom. The summed E-state index contributed by atoms with van der Waals surface area (Å²) in [6.07, 6.45) is 2.78. The molecule has 160 valence electrons. The molecule has 6 nitrogen and oxygen atoms in total. The minimum Gasteiger partial charge on any atom is -0.347 e. The second kappa shape index (κ2) is 10.0. The smallest absolute Gasteiger partial charge is 0.238 e. The molecular weight excluding hydrogens is 432 g/mol. The van der Waals surface area contributed by atoms with E-state index in [1.165, 1.54) is 0 Å². The summed E-state index contributed by atoms with van der Waals surface area (Å²) in [5, 5.41) is 6.36. The molecule has 1 saturated heterocycles. The highest BCUT2D eigenvalue weighted by molar-refractivity contribution is 7.13. The van der Waals surface area contributed by atoms with Gasteiger partial charge in [0.1, 0.15) is 0 Å². The number of hydrogen-bond donors (Lipinski definition) is 1. The summed E-state index contributed by atoms with van der Waals surface area (Å²) in [4.78, 5) is 34.5.